The van der Waals surface area contributed by atoms with E-state index in [2.05, 4.69) is 290 Å². The Morgan fingerprint density at radius 3 is 1.18 bits per heavy atom. The van der Waals surface area contributed by atoms with Gasteiger partial charge in [-0.2, -0.15) is 0 Å². The van der Waals surface area contributed by atoms with Crippen molar-refractivity contribution in [2.24, 2.45) is 0 Å². The van der Waals surface area contributed by atoms with Crippen LogP contribution in [-0.2, 0) is 16.2 Å². The van der Waals surface area contributed by atoms with Gasteiger partial charge in [0.05, 0.1) is 21.9 Å². The van der Waals surface area contributed by atoms with Gasteiger partial charge < -0.3 is 9.64 Å². The second-order valence-corrected chi connectivity index (χ2v) is 22.4. The van der Waals surface area contributed by atoms with E-state index in [1.54, 1.807) is 0 Å². The quantitative estimate of drug-likeness (QED) is 0.170. The van der Waals surface area contributed by atoms with Gasteiger partial charge in [0.2, 0.25) is 0 Å². The molecule has 12 aromatic carbocycles. The molecule has 2 heterocycles. The molecule has 2 aliphatic heterocycles. The van der Waals surface area contributed by atoms with Crippen molar-refractivity contribution in [1.82, 2.24) is 0 Å². The van der Waals surface area contributed by atoms with Crippen LogP contribution in [0.1, 0.15) is 66.8 Å². The van der Waals surface area contributed by atoms with Gasteiger partial charge in [-0.3, -0.25) is 0 Å². The first-order chi connectivity index (χ1) is 38.7. The molecule has 0 saturated carbocycles. The highest BCUT2D eigenvalue weighted by atomic mass is 32.2. The average Bonchev–Trinajstić information content (AvgIpc) is 3.84. The maximum absolute atomic E-state index is 6.85. The number of hydrogen-bond acceptors (Lipinski definition) is 3. The van der Waals surface area contributed by atoms with E-state index in [1.165, 1.54) is 98.8 Å². The molecule has 0 amide bonds. The molecule has 0 aromatic heterocycles. The van der Waals surface area contributed by atoms with Crippen molar-refractivity contribution in [3.63, 3.8) is 0 Å². The SMILES string of the molecule is c1ccc(C2(c3ccccc3)c3ccccc3-c3c(N(c4ccc5c(c4)C4(c6ccccc6Oc6ccccc64)c4ccccc4-5)c4ccc5c(c4)C4(c6ccccc6Sc6ccccc64)c4ccccc4-5)cccc32)cc1. The Kier molecular flexibility index (Phi) is 9.15. The Bertz CT molecular complexity index is 4150. The van der Waals surface area contributed by atoms with E-state index in [-0.39, 0.29) is 0 Å². The van der Waals surface area contributed by atoms with E-state index >= 15 is 0 Å². The van der Waals surface area contributed by atoms with Crippen molar-refractivity contribution in [3.05, 3.63) is 352 Å². The lowest BCUT2D eigenvalue weighted by Crippen LogP contribution is -2.32. The first kappa shape index (κ1) is 43.8. The molecule has 3 aliphatic carbocycles. The topological polar surface area (TPSA) is 12.5 Å². The van der Waals surface area contributed by atoms with Crippen LogP contribution < -0.4 is 9.64 Å². The summed E-state index contributed by atoms with van der Waals surface area (Å²) in [7, 11) is 0. The van der Waals surface area contributed by atoms with E-state index in [0.717, 1.165) is 39.7 Å². The van der Waals surface area contributed by atoms with Crippen LogP contribution in [0.2, 0.25) is 0 Å². The minimum absolute atomic E-state index is 0.563. The van der Waals surface area contributed by atoms with Gasteiger partial charge >= 0.3 is 0 Å². The predicted molar refractivity (Wildman–Crippen MR) is 317 cm³/mol. The van der Waals surface area contributed by atoms with Crippen molar-refractivity contribution in [2.45, 2.75) is 26.0 Å². The minimum atomic E-state index is -0.656. The fourth-order valence-corrected chi connectivity index (χ4v) is 16.2. The molecular weight excluding hydrogens is 963 g/mol. The summed E-state index contributed by atoms with van der Waals surface area (Å²) in [5.41, 5.74) is 24.0. The molecule has 3 heteroatoms. The second kappa shape index (κ2) is 16.3. The summed E-state index contributed by atoms with van der Waals surface area (Å²) in [6, 6.07) is 107. The molecule has 0 atom stereocenters. The van der Waals surface area contributed by atoms with Crippen LogP contribution in [0.25, 0.3) is 33.4 Å². The summed E-state index contributed by atoms with van der Waals surface area (Å²) < 4.78 is 6.85. The lowest BCUT2D eigenvalue weighted by Gasteiger charge is -2.40. The molecule has 5 aliphatic rings. The summed E-state index contributed by atoms with van der Waals surface area (Å²) in [6.07, 6.45) is 0. The number of ether oxygens (including phenoxy) is 1. The molecule has 12 aromatic rings. The number of rotatable bonds is 5. The van der Waals surface area contributed by atoms with Crippen molar-refractivity contribution < 1.29 is 4.74 Å². The van der Waals surface area contributed by atoms with Gasteiger partial charge in [-0.15, -0.1) is 0 Å². The van der Waals surface area contributed by atoms with Crippen LogP contribution in [-0.4, -0.2) is 0 Å². The summed E-state index contributed by atoms with van der Waals surface area (Å²) in [4.78, 5) is 5.18. The summed E-state index contributed by atoms with van der Waals surface area (Å²) in [5, 5.41) is 0. The lowest BCUT2D eigenvalue weighted by molar-refractivity contribution is 0.436. The standard InChI is InChI=1S/C75H47NOS/c1-3-22-48(23-4-1)73(49-24-5-2-6-25-49)59-31-12-9-28-56(59)72-64(73)36-21-37-67(72)76(50-42-44-54-52-26-7-10-29-57(52)74(65(54)46-50)60-32-13-17-38-68(60)77-69-39-18-14-33-61(69)74)51-43-45-55-53-27-8-11-30-58(53)75(66(55)47-51)62-34-15-19-40-70(62)78-71-41-20-16-35-63(71)75/h1-47H. The molecule has 0 radical (unpaired) electrons. The molecule has 0 unspecified atom stereocenters. The number of para-hydroxylation sites is 2. The van der Waals surface area contributed by atoms with Gasteiger partial charge in [0.15, 0.2) is 0 Å². The molecule has 2 nitrogen and oxygen atoms in total. The predicted octanol–water partition coefficient (Wildman–Crippen LogP) is 18.8. The Morgan fingerprint density at radius 2 is 0.654 bits per heavy atom. The Labute approximate surface area is 458 Å². The lowest BCUT2D eigenvalue weighted by atomic mass is 9.66. The van der Waals surface area contributed by atoms with Crippen LogP contribution in [0.4, 0.5) is 17.1 Å². The smallest absolute Gasteiger partial charge is 0.132 e. The van der Waals surface area contributed by atoms with Gasteiger partial charge in [0.1, 0.15) is 11.5 Å². The highest BCUT2D eigenvalue weighted by Crippen LogP contribution is 2.66. The number of anilines is 3. The van der Waals surface area contributed by atoms with Crippen molar-refractivity contribution >= 4 is 28.8 Å². The van der Waals surface area contributed by atoms with Crippen LogP contribution in [0.3, 0.4) is 0 Å². The van der Waals surface area contributed by atoms with E-state index < -0.39 is 16.2 Å². The minimum Gasteiger partial charge on any atom is -0.457 e. The highest BCUT2D eigenvalue weighted by Gasteiger charge is 2.54. The number of fused-ring (bicyclic) bond motifs is 21. The monoisotopic (exact) mass is 1010 g/mol. The molecular formula is C75H47NOS. The fraction of sp³-hybridized carbons (Fsp3) is 0.0400. The Hall–Kier alpha value is -9.41. The van der Waals surface area contributed by atoms with Crippen LogP contribution in [0, 0.1) is 0 Å². The maximum Gasteiger partial charge on any atom is 0.132 e. The van der Waals surface area contributed by atoms with E-state index in [9.17, 15) is 0 Å². The van der Waals surface area contributed by atoms with Gasteiger partial charge in [0, 0.05) is 37.9 Å². The maximum atomic E-state index is 6.85. The van der Waals surface area contributed by atoms with Gasteiger partial charge in [-0.25, -0.2) is 0 Å². The third kappa shape index (κ3) is 5.53. The van der Waals surface area contributed by atoms with E-state index in [0.29, 0.717) is 0 Å². The molecule has 17 rings (SSSR count). The third-order valence-corrected chi connectivity index (χ3v) is 19.0. The van der Waals surface area contributed by atoms with E-state index in [4.69, 9.17) is 4.74 Å². The number of benzene rings is 12. The van der Waals surface area contributed by atoms with Crippen LogP contribution in [0.15, 0.2) is 295 Å². The first-order valence-corrected chi connectivity index (χ1v) is 27.9. The number of nitrogens with zero attached hydrogens (tertiary/aromatic N) is 1. The average molecular weight is 1010 g/mol. The molecule has 78 heavy (non-hydrogen) atoms. The number of hydrogen-bond donors (Lipinski definition) is 0. The molecule has 0 saturated heterocycles. The fourth-order valence-electron chi connectivity index (χ4n) is 15.1. The Morgan fingerprint density at radius 1 is 0.269 bits per heavy atom. The summed E-state index contributed by atoms with van der Waals surface area (Å²) in [6.45, 7) is 0. The molecule has 2 spiro atoms. The van der Waals surface area contributed by atoms with Crippen molar-refractivity contribution in [1.29, 1.82) is 0 Å². The summed E-state index contributed by atoms with van der Waals surface area (Å²) in [5.74, 6) is 1.76. The molecule has 0 fully saturated rings. The second-order valence-electron chi connectivity index (χ2n) is 21.3. The van der Waals surface area contributed by atoms with Crippen LogP contribution >= 0.6 is 11.8 Å². The van der Waals surface area contributed by atoms with Gasteiger partial charge in [-0.1, -0.05) is 242 Å². The first-order valence-electron chi connectivity index (χ1n) is 27.1. The van der Waals surface area contributed by atoms with Crippen LogP contribution in [0.5, 0.6) is 11.5 Å². The highest BCUT2D eigenvalue weighted by molar-refractivity contribution is 7.99. The molecule has 364 valence electrons. The summed E-state index contributed by atoms with van der Waals surface area (Å²) >= 11 is 1.89. The molecule has 0 N–H and O–H groups in total. The van der Waals surface area contributed by atoms with Crippen molar-refractivity contribution in [3.8, 4) is 44.9 Å². The normalized spacial score (nSPS) is 15.0. The van der Waals surface area contributed by atoms with Crippen molar-refractivity contribution in [2.75, 3.05) is 4.90 Å². The zero-order chi connectivity index (χ0) is 51.2. The van der Waals surface area contributed by atoms with Gasteiger partial charge in [0.25, 0.3) is 0 Å². The Balaban J connectivity index is 0.994. The third-order valence-electron chi connectivity index (χ3n) is 17.9. The largest absolute Gasteiger partial charge is 0.457 e. The molecule has 0 bridgehead atoms. The zero-order valence-electron chi connectivity index (χ0n) is 42.4. The zero-order valence-corrected chi connectivity index (χ0v) is 43.2. The van der Waals surface area contributed by atoms with Gasteiger partial charge in [-0.05, 0) is 138 Å². The van der Waals surface area contributed by atoms with E-state index in [1.807, 2.05) is 11.8 Å².